The number of imidazole rings is 1. The SMILES string of the molecule is OCCOCn1cnc2c(S)ncnc21. The maximum Gasteiger partial charge on any atom is 0.166 e. The topological polar surface area (TPSA) is 73.1 Å². The number of aromatic nitrogens is 4. The summed E-state index contributed by atoms with van der Waals surface area (Å²) in [6.45, 7) is 0.596. The molecular formula is C8H10N4O2S. The first-order valence-electron chi connectivity index (χ1n) is 4.36. The molecule has 15 heavy (non-hydrogen) atoms. The summed E-state index contributed by atoms with van der Waals surface area (Å²) in [4.78, 5) is 12.1. The molecule has 0 spiro atoms. The number of fused-ring (bicyclic) bond motifs is 1. The first-order chi connectivity index (χ1) is 7.33. The summed E-state index contributed by atoms with van der Waals surface area (Å²) in [6, 6.07) is 0. The van der Waals surface area contributed by atoms with E-state index >= 15 is 0 Å². The Labute approximate surface area is 91.3 Å². The van der Waals surface area contributed by atoms with E-state index in [0.717, 1.165) is 0 Å². The Hall–Kier alpha value is -1.18. The van der Waals surface area contributed by atoms with Crippen LogP contribution in [0.2, 0.25) is 0 Å². The van der Waals surface area contributed by atoms with Crippen LogP contribution in [0.4, 0.5) is 0 Å². The monoisotopic (exact) mass is 226 g/mol. The van der Waals surface area contributed by atoms with E-state index in [1.807, 2.05) is 0 Å². The molecule has 2 heterocycles. The van der Waals surface area contributed by atoms with Gasteiger partial charge in [-0.1, -0.05) is 0 Å². The molecule has 0 saturated carbocycles. The van der Waals surface area contributed by atoms with Crippen LogP contribution in [0.3, 0.4) is 0 Å². The van der Waals surface area contributed by atoms with E-state index in [4.69, 9.17) is 9.84 Å². The number of hydrogen-bond acceptors (Lipinski definition) is 6. The molecule has 80 valence electrons. The van der Waals surface area contributed by atoms with E-state index in [2.05, 4.69) is 27.6 Å². The van der Waals surface area contributed by atoms with Crippen molar-refractivity contribution in [3.8, 4) is 0 Å². The lowest BCUT2D eigenvalue weighted by Gasteiger charge is -2.03. The highest BCUT2D eigenvalue weighted by atomic mass is 32.1. The standard InChI is InChI=1S/C8H10N4O2S/c13-1-2-14-5-12-4-11-6-7(12)9-3-10-8(6)15/h3-4,13H,1-2,5H2,(H,9,10,15). The molecule has 2 aromatic rings. The molecule has 0 atom stereocenters. The highest BCUT2D eigenvalue weighted by Crippen LogP contribution is 2.15. The summed E-state index contributed by atoms with van der Waals surface area (Å²) in [5.74, 6) is 0. The molecule has 0 aliphatic carbocycles. The summed E-state index contributed by atoms with van der Waals surface area (Å²) in [5.41, 5.74) is 1.32. The molecule has 0 aliphatic rings. The van der Waals surface area contributed by atoms with Crippen LogP contribution >= 0.6 is 12.6 Å². The molecule has 0 unspecified atom stereocenters. The molecule has 7 heteroatoms. The Morgan fingerprint density at radius 1 is 1.40 bits per heavy atom. The van der Waals surface area contributed by atoms with E-state index in [0.29, 0.717) is 29.5 Å². The highest BCUT2D eigenvalue weighted by Gasteiger charge is 2.06. The van der Waals surface area contributed by atoms with Crippen molar-refractivity contribution >= 4 is 23.8 Å². The van der Waals surface area contributed by atoms with Crippen molar-refractivity contribution in [1.29, 1.82) is 0 Å². The predicted octanol–water partition coefficient (Wildman–Crippen LogP) is 0.0814. The third-order valence-electron chi connectivity index (χ3n) is 1.85. The molecule has 6 nitrogen and oxygen atoms in total. The number of aliphatic hydroxyl groups excluding tert-OH is 1. The molecule has 1 N–H and O–H groups in total. The fraction of sp³-hybridized carbons (Fsp3) is 0.375. The third-order valence-corrected chi connectivity index (χ3v) is 2.18. The third kappa shape index (κ3) is 2.09. The van der Waals surface area contributed by atoms with Crippen LogP contribution in [-0.4, -0.2) is 37.8 Å². The van der Waals surface area contributed by atoms with Crippen molar-refractivity contribution in [3.05, 3.63) is 12.7 Å². The number of hydrogen-bond donors (Lipinski definition) is 2. The van der Waals surface area contributed by atoms with E-state index in [1.54, 1.807) is 10.9 Å². The smallest absolute Gasteiger partial charge is 0.166 e. The average molecular weight is 226 g/mol. The molecule has 0 aromatic carbocycles. The van der Waals surface area contributed by atoms with Gasteiger partial charge in [0, 0.05) is 0 Å². The average Bonchev–Trinajstić information content (AvgIpc) is 2.64. The Balaban J connectivity index is 2.25. The quantitative estimate of drug-likeness (QED) is 0.439. The van der Waals surface area contributed by atoms with Gasteiger partial charge in [-0.25, -0.2) is 15.0 Å². The fourth-order valence-corrected chi connectivity index (χ4v) is 1.40. The van der Waals surface area contributed by atoms with E-state index in [1.165, 1.54) is 6.33 Å². The maximum atomic E-state index is 8.56. The summed E-state index contributed by atoms with van der Waals surface area (Å²) < 4.78 is 6.89. The maximum absolute atomic E-state index is 8.56. The van der Waals surface area contributed by atoms with E-state index in [9.17, 15) is 0 Å². The number of aliphatic hydroxyl groups is 1. The van der Waals surface area contributed by atoms with Crippen molar-refractivity contribution in [2.24, 2.45) is 0 Å². The van der Waals surface area contributed by atoms with Crippen LogP contribution < -0.4 is 0 Å². The molecule has 0 saturated heterocycles. The minimum absolute atomic E-state index is 0.000564. The van der Waals surface area contributed by atoms with Crippen LogP contribution in [0.1, 0.15) is 0 Å². The minimum Gasteiger partial charge on any atom is -0.394 e. The molecule has 2 aromatic heterocycles. The lowest BCUT2D eigenvalue weighted by molar-refractivity contribution is 0.0499. The Bertz CT molecular complexity index is 459. The van der Waals surface area contributed by atoms with Gasteiger partial charge in [0.1, 0.15) is 23.6 Å². The first kappa shape index (κ1) is 10.3. The second-order valence-corrected chi connectivity index (χ2v) is 3.27. The van der Waals surface area contributed by atoms with Crippen LogP contribution in [-0.2, 0) is 11.5 Å². The van der Waals surface area contributed by atoms with E-state index < -0.39 is 0 Å². The van der Waals surface area contributed by atoms with Crippen molar-refractivity contribution in [2.45, 2.75) is 11.8 Å². The Kier molecular flexibility index (Phi) is 3.14. The Morgan fingerprint density at radius 3 is 3.07 bits per heavy atom. The lowest BCUT2D eigenvalue weighted by atomic mass is 10.5. The van der Waals surface area contributed by atoms with Gasteiger partial charge in [0.15, 0.2) is 5.65 Å². The second-order valence-electron chi connectivity index (χ2n) is 2.84. The Morgan fingerprint density at radius 2 is 2.27 bits per heavy atom. The molecule has 0 amide bonds. The van der Waals surface area contributed by atoms with Gasteiger partial charge in [-0.3, -0.25) is 4.57 Å². The van der Waals surface area contributed by atoms with Crippen LogP contribution in [0.5, 0.6) is 0 Å². The summed E-state index contributed by atoms with van der Waals surface area (Å²) in [7, 11) is 0. The molecule has 0 radical (unpaired) electrons. The molecule has 2 rings (SSSR count). The number of rotatable bonds is 4. The zero-order valence-electron chi connectivity index (χ0n) is 7.87. The van der Waals surface area contributed by atoms with Gasteiger partial charge in [0.25, 0.3) is 0 Å². The van der Waals surface area contributed by atoms with Crippen LogP contribution in [0.15, 0.2) is 17.7 Å². The number of thiol groups is 1. The molecule has 0 aliphatic heterocycles. The zero-order chi connectivity index (χ0) is 10.7. The van der Waals surface area contributed by atoms with Crippen LogP contribution in [0.25, 0.3) is 11.2 Å². The van der Waals surface area contributed by atoms with Crippen LogP contribution in [0, 0.1) is 0 Å². The van der Waals surface area contributed by atoms with Gasteiger partial charge < -0.3 is 9.84 Å². The van der Waals surface area contributed by atoms with Crippen molar-refractivity contribution in [3.63, 3.8) is 0 Å². The van der Waals surface area contributed by atoms with Gasteiger partial charge in [0.05, 0.1) is 19.5 Å². The van der Waals surface area contributed by atoms with Gasteiger partial charge in [-0.05, 0) is 0 Å². The highest BCUT2D eigenvalue weighted by molar-refractivity contribution is 7.80. The van der Waals surface area contributed by atoms with Crippen molar-refractivity contribution in [2.75, 3.05) is 13.2 Å². The van der Waals surface area contributed by atoms with Crippen molar-refractivity contribution < 1.29 is 9.84 Å². The summed E-state index contributed by atoms with van der Waals surface area (Å²) >= 11 is 4.17. The largest absolute Gasteiger partial charge is 0.394 e. The molecule has 0 bridgehead atoms. The summed E-state index contributed by atoms with van der Waals surface area (Å²) in [5, 5.41) is 9.11. The van der Waals surface area contributed by atoms with Gasteiger partial charge in [-0.15, -0.1) is 12.6 Å². The first-order valence-corrected chi connectivity index (χ1v) is 4.81. The molecule has 0 fully saturated rings. The normalized spacial score (nSPS) is 11.1. The predicted molar refractivity (Wildman–Crippen MR) is 55.6 cm³/mol. The van der Waals surface area contributed by atoms with Crippen molar-refractivity contribution in [1.82, 2.24) is 19.5 Å². The zero-order valence-corrected chi connectivity index (χ0v) is 8.76. The number of ether oxygens (including phenoxy) is 1. The van der Waals surface area contributed by atoms with E-state index in [-0.39, 0.29) is 6.61 Å². The minimum atomic E-state index is -0.000564. The lowest BCUT2D eigenvalue weighted by Crippen LogP contribution is -2.05. The van der Waals surface area contributed by atoms with Gasteiger partial charge >= 0.3 is 0 Å². The van der Waals surface area contributed by atoms with Gasteiger partial charge in [0.2, 0.25) is 0 Å². The summed E-state index contributed by atoms with van der Waals surface area (Å²) in [6.07, 6.45) is 3.03. The fourth-order valence-electron chi connectivity index (χ4n) is 1.19. The van der Waals surface area contributed by atoms with Gasteiger partial charge in [-0.2, -0.15) is 0 Å². The molecular weight excluding hydrogens is 216 g/mol. The number of nitrogens with zero attached hydrogens (tertiary/aromatic N) is 4. The second kappa shape index (κ2) is 4.56.